The van der Waals surface area contributed by atoms with E-state index < -0.39 is 0 Å². The quantitative estimate of drug-likeness (QED) is 0.318. The lowest BCUT2D eigenvalue weighted by Crippen LogP contribution is -2.37. The van der Waals surface area contributed by atoms with Gasteiger partial charge in [0.05, 0.1) is 5.56 Å². The van der Waals surface area contributed by atoms with Crippen molar-refractivity contribution >= 4 is 17.3 Å². The minimum absolute atomic E-state index is 0.348. The monoisotopic (exact) mass is 248 g/mol. The number of amides is 1. The Kier molecular flexibility index (Phi) is 3.72. The van der Waals surface area contributed by atoms with Gasteiger partial charge in [-0.05, 0) is 44.4 Å². The molecule has 1 atom stereocenters. The van der Waals surface area contributed by atoms with Crippen molar-refractivity contribution in [2.24, 2.45) is 5.84 Å². The van der Waals surface area contributed by atoms with E-state index in [-0.39, 0.29) is 5.91 Å². The highest BCUT2D eigenvalue weighted by Crippen LogP contribution is 2.27. The molecule has 0 aromatic heterocycles. The van der Waals surface area contributed by atoms with Gasteiger partial charge in [0.25, 0.3) is 5.91 Å². The van der Waals surface area contributed by atoms with Crippen molar-refractivity contribution in [3.63, 3.8) is 0 Å². The van der Waals surface area contributed by atoms with Crippen molar-refractivity contribution < 1.29 is 4.79 Å². The van der Waals surface area contributed by atoms with E-state index in [9.17, 15) is 4.79 Å². The van der Waals surface area contributed by atoms with Crippen LogP contribution in [0.3, 0.4) is 0 Å². The number of benzene rings is 1. The Morgan fingerprint density at radius 3 is 2.89 bits per heavy atom. The zero-order chi connectivity index (χ0) is 13.1. The largest absolute Gasteiger partial charge is 0.398 e. The molecule has 98 valence electrons. The van der Waals surface area contributed by atoms with E-state index in [4.69, 9.17) is 11.6 Å². The molecule has 0 saturated carbocycles. The van der Waals surface area contributed by atoms with Crippen LogP contribution in [0.4, 0.5) is 11.4 Å². The summed E-state index contributed by atoms with van der Waals surface area (Å²) in [5.74, 6) is 4.81. The van der Waals surface area contributed by atoms with Crippen molar-refractivity contribution in [2.75, 3.05) is 17.2 Å². The first kappa shape index (κ1) is 12.7. The van der Waals surface area contributed by atoms with Crippen molar-refractivity contribution in [1.29, 1.82) is 0 Å². The molecule has 5 heteroatoms. The molecule has 0 radical (unpaired) electrons. The first-order valence-electron chi connectivity index (χ1n) is 6.30. The molecule has 1 aromatic carbocycles. The lowest BCUT2D eigenvalue weighted by atomic mass is 10.0. The van der Waals surface area contributed by atoms with Gasteiger partial charge >= 0.3 is 0 Å². The van der Waals surface area contributed by atoms with Crippen LogP contribution in [0.1, 0.15) is 36.5 Å². The fourth-order valence-corrected chi connectivity index (χ4v) is 2.48. The third-order valence-electron chi connectivity index (χ3n) is 3.55. The average molecular weight is 248 g/mol. The van der Waals surface area contributed by atoms with Crippen LogP contribution >= 0.6 is 0 Å². The number of nitrogens with one attached hydrogen (secondary N) is 1. The van der Waals surface area contributed by atoms with Crippen LogP contribution in [0.15, 0.2) is 18.2 Å². The number of carbonyl (C=O) groups is 1. The summed E-state index contributed by atoms with van der Waals surface area (Å²) in [5.41, 5.74) is 9.85. The molecule has 2 rings (SSSR count). The highest BCUT2D eigenvalue weighted by molar-refractivity contribution is 5.99. The first-order valence-corrected chi connectivity index (χ1v) is 6.30. The standard InChI is InChI=1S/C13H20N4O/c1-9-4-2-3-7-17(9)10-5-6-12(14)11(8-10)13(18)16-15/h5-6,8-9H,2-4,7,14-15H2,1H3,(H,16,18). The maximum atomic E-state index is 11.6. The number of anilines is 2. The second-order valence-electron chi connectivity index (χ2n) is 4.78. The van der Waals surface area contributed by atoms with Crippen LogP contribution in [0.25, 0.3) is 0 Å². The predicted octanol–water partition coefficient (Wildman–Crippen LogP) is 1.25. The van der Waals surface area contributed by atoms with Crippen LogP contribution < -0.4 is 21.9 Å². The zero-order valence-electron chi connectivity index (χ0n) is 10.6. The molecule has 5 nitrogen and oxygen atoms in total. The summed E-state index contributed by atoms with van der Waals surface area (Å²) in [4.78, 5) is 13.9. The van der Waals surface area contributed by atoms with Gasteiger partial charge < -0.3 is 10.6 Å². The van der Waals surface area contributed by atoms with Crippen LogP contribution in [-0.2, 0) is 0 Å². The summed E-state index contributed by atoms with van der Waals surface area (Å²) in [6.07, 6.45) is 3.64. The fourth-order valence-electron chi connectivity index (χ4n) is 2.48. The summed E-state index contributed by atoms with van der Waals surface area (Å²) in [5, 5.41) is 0. The molecule has 18 heavy (non-hydrogen) atoms. The zero-order valence-corrected chi connectivity index (χ0v) is 10.6. The van der Waals surface area contributed by atoms with Gasteiger partial charge in [-0.3, -0.25) is 10.2 Å². The molecular weight excluding hydrogens is 228 g/mol. The second kappa shape index (κ2) is 5.27. The number of hydrogen-bond donors (Lipinski definition) is 3. The normalized spacial score (nSPS) is 19.7. The van der Waals surface area contributed by atoms with Gasteiger partial charge in [0, 0.05) is 24.0 Å². The van der Waals surface area contributed by atoms with E-state index in [0.717, 1.165) is 12.2 Å². The highest BCUT2D eigenvalue weighted by atomic mass is 16.2. The molecule has 5 N–H and O–H groups in total. The SMILES string of the molecule is CC1CCCCN1c1ccc(N)c(C(=O)NN)c1. The molecule has 1 saturated heterocycles. The summed E-state index contributed by atoms with van der Waals surface area (Å²) in [7, 11) is 0. The smallest absolute Gasteiger partial charge is 0.267 e. The van der Waals surface area contributed by atoms with Gasteiger partial charge in [-0.1, -0.05) is 0 Å². The number of piperidine rings is 1. The molecule has 1 aliphatic rings. The van der Waals surface area contributed by atoms with Gasteiger partial charge in [0.2, 0.25) is 0 Å². The molecule has 1 aliphatic heterocycles. The van der Waals surface area contributed by atoms with Gasteiger partial charge in [-0.15, -0.1) is 0 Å². The first-order chi connectivity index (χ1) is 8.63. The van der Waals surface area contributed by atoms with E-state index in [0.29, 0.717) is 17.3 Å². The molecule has 0 aliphatic carbocycles. The van der Waals surface area contributed by atoms with Gasteiger partial charge in [0.1, 0.15) is 0 Å². The Labute approximate surface area is 107 Å². The summed E-state index contributed by atoms with van der Waals surface area (Å²) >= 11 is 0. The van der Waals surface area contributed by atoms with Gasteiger partial charge in [0.15, 0.2) is 0 Å². The number of hydrazine groups is 1. The Hall–Kier alpha value is -1.75. The number of nitrogen functional groups attached to an aromatic ring is 2. The maximum Gasteiger partial charge on any atom is 0.267 e. The highest BCUT2D eigenvalue weighted by Gasteiger charge is 2.20. The summed E-state index contributed by atoms with van der Waals surface area (Å²) in [6, 6.07) is 6.04. The third kappa shape index (κ3) is 2.41. The van der Waals surface area contributed by atoms with Crippen LogP contribution in [-0.4, -0.2) is 18.5 Å². The number of carbonyl (C=O) groups excluding carboxylic acids is 1. The van der Waals surface area contributed by atoms with Crippen molar-refractivity contribution in [2.45, 2.75) is 32.2 Å². The number of hydrogen-bond acceptors (Lipinski definition) is 4. The predicted molar refractivity (Wildman–Crippen MR) is 73.2 cm³/mol. The van der Waals surface area contributed by atoms with Crippen molar-refractivity contribution in [3.05, 3.63) is 23.8 Å². The Bertz CT molecular complexity index is 447. The van der Waals surface area contributed by atoms with Crippen LogP contribution in [0, 0.1) is 0 Å². The Morgan fingerprint density at radius 1 is 1.44 bits per heavy atom. The second-order valence-corrected chi connectivity index (χ2v) is 4.78. The topological polar surface area (TPSA) is 84.4 Å². The minimum Gasteiger partial charge on any atom is -0.398 e. The number of nitrogens with two attached hydrogens (primary N) is 2. The summed E-state index contributed by atoms with van der Waals surface area (Å²) in [6.45, 7) is 3.23. The van der Waals surface area contributed by atoms with E-state index in [1.54, 1.807) is 6.07 Å². The minimum atomic E-state index is -0.348. The van der Waals surface area contributed by atoms with Crippen LogP contribution in [0.2, 0.25) is 0 Å². The van der Waals surface area contributed by atoms with Gasteiger partial charge in [-0.25, -0.2) is 5.84 Å². The molecule has 0 spiro atoms. The molecule has 1 aromatic rings. The molecule has 1 unspecified atom stereocenters. The molecular formula is C13H20N4O. The Morgan fingerprint density at radius 2 is 2.22 bits per heavy atom. The van der Waals surface area contributed by atoms with Crippen molar-refractivity contribution in [3.8, 4) is 0 Å². The van der Waals surface area contributed by atoms with E-state index in [1.807, 2.05) is 12.1 Å². The fraction of sp³-hybridized carbons (Fsp3) is 0.462. The summed E-state index contributed by atoms with van der Waals surface area (Å²) < 4.78 is 0. The average Bonchev–Trinajstić information content (AvgIpc) is 2.39. The lowest BCUT2D eigenvalue weighted by molar-refractivity contribution is 0.0954. The number of rotatable bonds is 2. The van der Waals surface area contributed by atoms with Crippen LogP contribution in [0.5, 0.6) is 0 Å². The lowest BCUT2D eigenvalue weighted by Gasteiger charge is -2.35. The van der Waals surface area contributed by atoms with Crippen molar-refractivity contribution in [1.82, 2.24) is 5.43 Å². The molecule has 1 fully saturated rings. The maximum absolute atomic E-state index is 11.6. The van der Waals surface area contributed by atoms with E-state index >= 15 is 0 Å². The van der Waals surface area contributed by atoms with E-state index in [2.05, 4.69) is 17.2 Å². The molecule has 1 amide bonds. The molecule has 0 bridgehead atoms. The van der Waals surface area contributed by atoms with E-state index in [1.165, 1.54) is 19.3 Å². The Balaban J connectivity index is 2.31. The van der Waals surface area contributed by atoms with Gasteiger partial charge in [-0.2, -0.15) is 0 Å². The number of nitrogens with zero attached hydrogens (tertiary/aromatic N) is 1. The third-order valence-corrected chi connectivity index (χ3v) is 3.55. The molecule has 1 heterocycles.